The Morgan fingerprint density at radius 2 is 1.91 bits per heavy atom. The molecule has 1 aromatic carbocycles. The van der Waals surface area contributed by atoms with E-state index in [2.05, 4.69) is 11.8 Å². The Morgan fingerprint density at radius 1 is 1.27 bits per heavy atom. The summed E-state index contributed by atoms with van der Waals surface area (Å²) in [5.74, 6) is 5.33. The van der Waals surface area contributed by atoms with Crippen LogP contribution in [0.3, 0.4) is 0 Å². The summed E-state index contributed by atoms with van der Waals surface area (Å²) in [6.45, 7) is 1.71. The first kappa shape index (κ1) is 7.84. The van der Waals surface area contributed by atoms with Crippen molar-refractivity contribution in [3.63, 3.8) is 0 Å². The minimum absolute atomic E-state index is 0.638. The molecule has 1 aromatic rings. The van der Waals surface area contributed by atoms with Gasteiger partial charge in [0.1, 0.15) is 6.10 Å². The Labute approximate surface area is 66.7 Å². The van der Waals surface area contributed by atoms with Crippen LogP contribution in [-0.2, 0) is 0 Å². The monoisotopic (exact) mass is 146 g/mol. The number of rotatable bonds is 1. The Bertz CT molecular complexity index is 266. The van der Waals surface area contributed by atoms with Crippen LogP contribution in [0, 0.1) is 11.8 Å². The summed E-state index contributed by atoms with van der Waals surface area (Å²) in [6, 6.07) is 9.39. The van der Waals surface area contributed by atoms with Gasteiger partial charge in [-0.15, -0.1) is 5.92 Å². The summed E-state index contributed by atoms with van der Waals surface area (Å²) in [4.78, 5) is 0. The second kappa shape index (κ2) is 3.80. The molecule has 0 bridgehead atoms. The number of benzene rings is 1. The van der Waals surface area contributed by atoms with E-state index in [1.807, 2.05) is 30.3 Å². The second-order valence-electron chi connectivity index (χ2n) is 2.21. The summed E-state index contributed by atoms with van der Waals surface area (Å²) in [5, 5.41) is 9.35. The summed E-state index contributed by atoms with van der Waals surface area (Å²) >= 11 is 0. The van der Waals surface area contributed by atoms with E-state index in [0.29, 0.717) is 0 Å². The average Bonchev–Trinajstić information content (AvgIpc) is 2.07. The molecule has 0 aliphatic heterocycles. The van der Waals surface area contributed by atoms with Crippen LogP contribution in [0.15, 0.2) is 30.3 Å². The van der Waals surface area contributed by atoms with Crippen LogP contribution in [0.2, 0.25) is 0 Å². The quantitative estimate of drug-likeness (QED) is 0.598. The predicted octanol–water partition coefficient (Wildman–Crippen LogP) is 1.74. The molecule has 11 heavy (non-hydrogen) atoms. The van der Waals surface area contributed by atoms with Gasteiger partial charge in [-0.2, -0.15) is 0 Å². The smallest absolute Gasteiger partial charge is 0.140 e. The lowest BCUT2D eigenvalue weighted by Gasteiger charge is -2.00. The van der Waals surface area contributed by atoms with Crippen molar-refractivity contribution in [1.29, 1.82) is 0 Å². The molecule has 1 heteroatoms. The van der Waals surface area contributed by atoms with E-state index in [9.17, 15) is 5.11 Å². The van der Waals surface area contributed by atoms with E-state index in [4.69, 9.17) is 0 Å². The van der Waals surface area contributed by atoms with Gasteiger partial charge in [-0.05, 0) is 12.5 Å². The molecule has 0 fully saturated rings. The normalized spacial score (nSPS) is 11.5. The fourth-order valence-corrected chi connectivity index (χ4v) is 0.855. The van der Waals surface area contributed by atoms with Crippen LogP contribution in [0.5, 0.6) is 0 Å². The van der Waals surface area contributed by atoms with E-state index in [1.54, 1.807) is 6.92 Å². The van der Waals surface area contributed by atoms with Gasteiger partial charge < -0.3 is 5.11 Å². The molecule has 0 aliphatic rings. The lowest BCUT2D eigenvalue weighted by Crippen LogP contribution is -1.91. The molecule has 0 unspecified atom stereocenters. The van der Waals surface area contributed by atoms with Gasteiger partial charge in [-0.3, -0.25) is 0 Å². The summed E-state index contributed by atoms with van der Waals surface area (Å²) in [7, 11) is 0. The number of aliphatic hydroxyl groups excluding tert-OH is 1. The molecule has 0 amide bonds. The highest BCUT2D eigenvalue weighted by Gasteiger charge is 1.99. The standard InChI is InChI=1S/C10H10O/c1-2-6-10(11)9-7-4-3-5-8-9/h3-5,7-8,10-11H,1H3/t10-/m0/s1. The van der Waals surface area contributed by atoms with Crippen LogP contribution >= 0.6 is 0 Å². The molecule has 0 heterocycles. The largest absolute Gasteiger partial charge is 0.376 e. The molecule has 0 saturated carbocycles. The number of hydrogen-bond donors (Lipinski definition) is 1. The van der Waals surface area contributed by atoms with Crippen LogP contribution in [0.25, 0.3) is 0 Å². The fourth-order valence-electron chi connectivity index (χ4n) is 0.855. The summed E-state index contributed by atoms with van der Waals surface area (Å²) in [6.07, 6.45) is -0.638. The van der Waals surface area contributed by atoms with Crippen molar-refractivity contribution in [2.75, 3.05) is 0 Å². The molecule has 1 rings (SSSR count). The van der Waals surface area contributed by atoms with Crippen molar-refractivity contribution in [1.82, 2.24) is 0 Å². The van der Waals surface area contributed by atoms with Gasteiger partial charge in [0.25, 0.3) is 0 Å². The van der Waals surface area contributed by atoms with Gasteiger partial charge in [0.2, 0.25) is 0 Å². The van der Waals surface area contributed by atoms with E-state index in [-0.39, 0.29) is 0 Å². The second-order valence-corrected chi connectivity index (χ2v) is 2.21. The van der Waals surface area contributed by atoms with Crippen LogP contribution in [-0.4, -0.2) is 5.11 Å². The topological polar surface area (TPSA) is 20.2 Å². The SMILES string of the molecule is CC#C[C@H](O)c1ccccc1. The van der Waals surface area contributed by atoms with Crippen LogP contribution in [0.4, 0.5) is 0 Å². The van der Waals surface area contributed by atoms with E-state index in [1.165, 1.54) is 0 Å². The highest BCUT2D eigenvalue weighted by molar-refractivity contribution is 5.24. The minimum Gasteiger partial charge on any atom is -0.376 e. The Balaban J connectivity index is 2.82. The van der Waals surface area contributed by atoms with Gasteiger partial charge in [-0.25, -0.2) is 0 Å². The number of aliphatic hydroxyl groups is 1. The van der Waals surface area contributed by atoms with Crippen molar-refractivity contribution < 1.29 is 5.11 Å². The highest BCUT2D eigenvalue weighted by Crippen LogP contribution is 2.09. The lowest BCUT2D eigenvalue weighted by molar-refractivity contribution is 0.238. The Kier molecular flexibility index (Phi) is 2.71. The Hall–Kier alpha value is -1.26. The van der Waals surface area contributed by atoms with Crippen molar-refractivity contribution in [3.05, 3.63) is 35.9 Å². The Morgan fingerprint density at radius 3 is 2.45 bits per heavy atom. The summed E-state index contributed by atoms with van der Waals surface area (Å²) < 4.78 is 0. The molecule has 0 saturated heterocycles. The molecule has 0 spiro atoms. The zero-order chi connectivity index (χ0) is 8.10. The van der Waals surface area contributed by atoms with E-state index in [0.717, 1.165) is 5.56 Å². The average molecular weight is 146 g/mol. The third kappa shape index (κ3) is 2.10. The predicted molar refractivity (Wildman–Crippen MR) is 44.9 cm³/mol. The van der Waals surface area contributed by atoms with Crippen molar-refractivity contribution >= 4 is 0 Å². The van der Waals surface area contributed by atoms with Crippen molar-refractivity contribution in [3.8, 4) is 11.8 Å². The molecule has 0 radical (unpaired) electrons. The van der Waals surface area contributed by atoms with Gasteiger partial charge in [0.15, 0.2) is 0 Å². The third-order valence-electron chi connectivity index (χ3n) is 1.40. The molecular weight excluding hydrogens is 136 g/mol. The van der Waals surface area contributed by atoms with Crippen molar-refractivity contribution in [2.45, 2.75) is 13.0 Å². The van der Waals surface area contributed by atoms with Gasteiger partial charge in [0.05, 0.1) is 0 Å². The zero-order valence-corrected chi connectivity index (χ0v) is 6.41. The van der Waals surface area contributed by atoms with Crippen LogP contribution < -0.4 is 0 Å². The van der Waals surface area contributed by atoms with Crippen molar-refractivity contribution in [2.24, 2.45) is 0 Å². The zero-order valence-electron chi connectivity index (χ0n) is 6.41. The van der Waals surface area contributed by atoms with E-state index >= 15 is 0 Å². The van der Waals surface area contributed by atoms with Gasteiger partial charge in [0, 0.05) is 0 Å². The fraction of sp³-hybridized carbons (Fsp3) is 0.200. The van der Waals surface area contributed by atoms with Gasteiger partial charge >= 0.3 is 0 Å². The third-order valence-corrected chi connectivity index (χ3v) is 1.40. The number of hydrogen-bond acceptors (Lipinski definition) is 1. The maximum Gasteiger partial charge on any atom is 0.140 e. The summed E-state index contributed by atoms with van der Waals surface area (Å²) in [5.41, 5.74) is 0.849. The molecule has 1 N–H and O–H groups in total. The maximum absolute atomic E-state index is 9.35. The molecule has 0 aliphatic carbocycles. The van der Waals surface area contributed by atoms with Gasteiger partial charge in [-0.1, -0.05) is 36.3 Å². The molecule has 0 aromatic heterocycles. The van der Waals surface area contributed by atoms with E-state index < -0.39 is 6.10 Å². The first-order valence-electron chi connectivity index (χ1n) is 3.50. The molecule has 1 nitrogen and oxygen atoms in total. The minimum atomic E-state index is -0.638. The maximum atomic E-state index is 9.35. The molecule has 56 valence electrons. The highest BCUT2D eigenvalue weighted by atomic mass is 16.3. The lowest BCUT2D eigenvalue weighted by atomic mass is 10.1. The first-order valence-corrected chi connectivity index (χ1v) is 3.50. The first-order chi connectivity index (χ1) is 5.34. The molecule has 1 atom stereocenters. The molecular formula is C10H10O. The van der Waals surface area contributed by atoms with Crippen LogP contribution in [0.1, 0.15) is 18.6 Å².